The second-order valence-corrected chi connectivity index (χ2v) is 5.63. The monoisotopic (exact) mass is 300 g/mol. The van der Waals surface area contributed by atoms with E-state index in [0.717, 1.165) is 42.4 Å². The standard InChI is InChI=1S/C16H17ClN4/c1-11-9-12(2)20-16(19-11)21-7-5-13(6-8-21)14-3-4-15(17)18-10-14/h3-5,9-10H,6-8H2,1-2H3. The van der Waals surface area contributed by atoms with Gasteiger partial charge in [-0.1, -0.05) is 23.7 Å². The molecule has 0 radical (unpaired) electrons. The Kier molecular flexibility index (Phi) is 3.88. The minimum Gasteiger partial charge on any atom is -0.337 e. The molecule has 1 aliphatic heterocycles. The molecule has 0 atom stereocenters. The van der Waals surface area contributed by atoms with Crippen LogP contribution >= 0.6 is 11.6 Å². The molecule has 4 nitrogen and oxygen atoms in total. The fraction of sp³-hybridized carbons (Fsp3) is 0.312. The van der Waals surface area contributed by atoms with Crippen molar-refractivity contribution in [2.24, 2.45) is 0 Å². The van der Waals surface area contributed by atoms with Crippen LogP contribution in [-0.2, 0) is 0 Å². The molecule has 21 heavy (non-hydrogen) atoms. The maximum atomic E-state index is 5.83. The minimum atomic E-state index is 0.528. The van der Waals surface area contributed by atoms with Crippen LogP contribution in [0.4, 0.5) is 5.95 Å². The molecule has 0 amide bonds. The molecule has 0 spiro atoms. The molecule has 0 N–H and O–H groups in total. The van der Waals surface area contributed by atoms with Gasteiger partial charge in [0.2, 0.25) is 5.95 Å². The number of rotatable bonds is 2. The summed E-state index contributed by atoms with van der Waals surface area (Å²) < 4.78 is 0. The Labute approximate surface area is 129 Å². The summed E-state index contributed by atoms with van der Waals surface area (Å²) in [4.78, 5) is 15.4. The first-order valence-corrected chi connectivity index (χ1v) is 7.38. The van der Waals surface area contributed by atoms with Crippen molar-refractivity contribution >= 4 is 23.1 Å². The Balaban J connectivity index is 1.78. The highest BCUT2D eigenvalue weighted by Crippen LogP contribution is 2.24. The molecule has 0 saturated carbocycles. The number of pyridine rings is 1. The molecule has 2 aromatic rings. The lowest BCUT2D eigenvalue weighted by molar-refractivity contribution is 0.788. The van der Waals surface area contributed by atoms with Crippen molar-refractivity contribution in [2.45, 2.75) is 20.3 Å². The van der Waals surface area contributed by atoms with Gasteiger partial charge in [-0.05, 0) is 43.5 Å². The highest BCUT2D eigenvalue weighted by molar-refractivity contribution is 6.29. The van der Waals surface area contributed by atoms with Crippen molar-refractivity contribution in [1.82, 2.24) is 15.0 Å². The van der Waals surface area contributed by atoms with Crippen molar-refractivity contribution < 1.29 is 0 Å². The van der Waals surface area contributed by atoms with Crippen LogP contribution in [-0.4, -0.2) is 28.0 Å². The Morgan fingerprint density at radius 2 is 1.90 bits per heavy atom. The van der Waals surface area contributed by atoms with Gasteiger partial charge in [0.1, 0.15) is 5.15 Å². The molecular formula is C16H17ClN4. The van der Waals surface area contributed by atoms with Crippen LogP contribution < -0.4 is 4.90 Å². The third kappa shape index (κ3) is 3.22. The van der Waals surface area contributed by atoms with Gasteiger partial charge >= 0.3 is 0 Å². The molecule has 108 valence electrons. The molecule has 0 unspecified atom stereocenters. The largest absolute Gasteiger partial charge is 0.337 e. The lowest BCUT2D eigenvalue weighted by Crippen LogP contribution is -2.30. The number of hydrogen-bond donors (Lipinski definition) is 0. The average molecular weight is 301 g/mol. The molecule has 0 aliphatic carbocycles. The summed E-state index contributed by atoms with van der Waals surface area (Å²) in [5, 5.41) is 0.528. The van der Waals surface area contributed by atoms with Gasteiger partial charge in [0.15, 0.2) is 0 Å². The maximum absolute atomic E-state index is 5.83. The number of hydrogen-bond acceptors (Lipinski definition) is 4. The lowest BCUT2D eigenvalue weighted by atomic mass is 10.0. The van der Waals surface area contributed by atoms with E-state index < -0.39 is 0 Å². The molecular weight excluding hydrogens is 284 g/mol. The maximum Gasteiger partial charge on any atom is 0.226 e. The fourth-order valence-corrected chi connectivity index (χ4v) is 2.64. The van der Waals surface area contributed by atoms with Crippen molar-refractivity contribution in [2.75, 3.05) is 18.0 Å². The summed E-state index contributed by atoms with van der Waals surface area (Å²) in [6.07, 6.45) is 5.01. The van der Waals surface area contributed by atoms with Gasteiger partial charge in [0.25, 0.3) is 0 Å². The van der Waals surface area contributed by atoms with Crippen LogP contribution in [0, 0.1) is 13.8 Å². The predicted molar refractivity (Wildman–Crippen MR) is 85.6 cm³/mol. The first kappa shape index (κ1) is 14.0. The van der Waals surface area contributed by atoms with E-state index in [0.29, 0.717) is 5.15 Å². The molecule has 0 saturated heterocycles. The SMILES string of the molecule is Cc1cc(C)nc(N2CC=C(c3ccc(Cl)nc3)CC2)n1. The summed E-state index contributed by atoms with van der Waals surface area (Å²) in [6.45, 7) is 5.74. The third-order valence-corrected chi connectivity index (χ3v) is 3.78. The second kappa shape index (κ2) is 5.82. The molecule has 0 aromatic carbocycles. The van der Waals surface area contributed by atoms with Crippen LogP contribution in [0.25, 0.3) is 5.57 Å². The second-order valence-electron chi connectivity index (χ2n) is 5.25. The van der Waals surface area contributed by atoms with Gasteiger partial charge in [0.05, 0.1) is 0 Å². The van der Waals surface area contributed by atoms with E-state index in [-0.39, 0.29) is 0 Å². The summed E-state index contributed by atoms with van der Waals surface area (Å²) in [5.74, 6) is 0.817. The number of halogens is 1. The Bertz CT molecular complexity index is 659. The topological polar surface area (TPSA) is 41.9 Å². The van der Waals surface area contributed by atoms with E-state index in [4.69, 9.17) is 11.6 Å². The lowest BCUT2D eigenvalue weighted by Gasteiger charge is -2.27. The van der Waals surface area contributed by atoms with Gasteiger partial charge in [-0.3, -0.25) is 0 Å². The van der Waals surface area contributed by atoms with Gasteiger partial charge in [0, 0.05) is 30.7 Å². The van der Waals surface area contributed by atoms with Crippen molar-refractivity contribution in [3.05, 3.63) is 52.6 Å². The average Bonchev–Trinajstić information content (AvgIpc) is 2.47. The normalized spacial score (nSPS) is 15.0. The zero-order chi connectivity index (χ0) is 14.8. The zero-order valence-corrected chi connectivity index (χ0v) is 12.9. The van der Waals surface area contributed by atoms with Crippen molar-refractivity contribution in [3.8, 4) is 0 Å². The van der Waals surface area contributed by atoms with Crippen molar-refractivity contribution in [1.29, 1.82) is 0 Å². The number of anilines is 1. The van der Waals surface area contributed by atoms with Crippen LogP contribution in [0.15, 0.2) is 30.5 Å². The van der Waals surface area contributed by atoms with Crippen LogP contribution in [0.2, 0.25) is 5.15 Å². The smallest absolute Gasteiger partial charge is 0.226 e. The molecule has 0 bridgehead atoms. The van der Waals surface area contributed by atoms with Crippen molar-refractivity contribution in [3.63, 3.8) is 0 Å². The molecule has 0 fully saturated rings. The molecule has 1 aliphatic rings. The summed E-state index contributed by atoms with van der Waals surface area (Å²) in [7, 11) is 0. The van der Waals surface area contributed by atoms with Crippen LogP contribution in [0.1, 0.15) is 23.4 Å². The Hall–Kier alpha value is -1.94. The summed E-state index contributed by atoms with van der Waals surface area (Å²) >= 11 is 5.83. The van der Waals surface area contributed by atoms with E-state index in [1.54, 1.807) is 0 Å². The highest BCUT2D eigenvalue weighted by Gasteiger charge is 2.16. The zero-order valence-electron chi connectivity index (χ0n) is 12.2. The number of aromatic nitrogens is 3. The predicted octanol–water partition coefficient (Wildman–Crippen LogP) is 3.44. The number of nitrogens with zero attached hydrogens (tertiary/aromatic N) is 4. The number of aryl methyl sites for hydroxylation is 2. The van der Waals surface area contributed by atoms with E-state index in [9.17, 15) is 0 Å². The highest BCUT2D eigenvalue weighted by atomic mass is 35.5. The quantitative estimate of drug-likeness (QED) is 0.797. The summed E-state index contributed by atoms with van der Waals surface area (Å²) in [5.41, 5.74) is 4.46. The first-order chi connectivity index (χ1) is 10.1. The third-order valence-electron chi connectivity index (χ3n) is 3.56. The Morgan fingerprint density at radius 1 is 1.14 bits per heavy atom. The van der Waals surface area contributed by atoms with Gasteiger partial charge in [-0.25, -0.2) is 15.0 Å². The first-order valence-electron chi connectivity index (χ1n) is 7.00. The molecule has 2 aromatic heterocycles. The summed E-state index contributed by atoms with van der Waals surface area (Å²) in [6, 6.07) is 5.84. The van der Waals surface area contributed by atoms with Crippen LogP contribution in [0.3, 0.4) is 0 Å². The van der Waals surface area contributed by atoms with Gasteiger partial charge < -0.3 is 4.90 Å². The van der Waals surface area contributed by atoms with E-state index in [2.05, 4.69) is 25.9 Å². The molecule has 3 rings (SSSR count). The minimum absolute atomic E-state index is 0.528. The van der Waals surface area contributed by atoms with Crippen LogP contribution in [0.5, 0.6) is 0 Å². The van der Waals surface area contributed by atoms with E-state index in [1.807, 2.05) is 38.2 Å². The van der Waals surface area contributed by atoms with Gasteiger partial charge in [-0.2, -0.15) is 0 Å². The fourth-order valence-electron chi connectivity index (χ4n) is 2.53. The van der Waals surface area contributed by atoms with E-state index in [1.165, 1.54) is 5.57 Å². The van der Waals surface area contributed by atoms with Gasteiger partial charge in [-0.15, -0.1) is 0 Å². The molecule has 5 heteroatoms. The molecule has 3 heterocycles. The Morgan fingerprint density at radius 3 is 2.48 bits per heavy atom. The van der Waals surface area contributed by atoms with E-state index >= 15 is 0 Å².